The van der Waals surface area contributed by atoms with E-state index in [0.29, 0.717) is 6.54 Å². The number of likely N-dealkylation sites (tertiary alicyclic amines) is 1. The van der Waals surface area contributed by atoms with Gasteiger partial charge in [0.25, 0.3) is 0 Å². The normalized spacial score (nSPS) is 17.3. The van der Waals surface area contributed by atoms with Gasteiger partial charge in [0.05, 0.1) is 6.54 Å². The second-order valence-corrected chi connectivity index (χ2v) is 5.54. The molecule has 1 N–H and O–H groups in total. The highest BCUT2D eigenvalue weighted by molar-refractivity contribution is 6.30. The second kappa shape index (κ2) is 6.92. The third-order valence-electron chi connectivity index (χ3n) is 3.62. The highest BCUT2D eigenvalue weighted by atomic mass is 35.5. The molecule has 1 aliphatic heterocycles. The van der Waals surface area contributed by atoms with Gasteiger partial charge in [0.2, 0.25) is 5.91 Å². The summed E-state index contributed by atoms with van der Waals surface area (Å²) >= 11 is 5.97. The summed E-state index contributed by atoms with van der Waals surface area (Å²) < 4.78 is 0. The van der Waals surface area contributed by atoms with Crippen LogP contribution in [0.25, 0.3) is 0 Å². The molecule has 19 heavy (non-hydrogen) atoms. The van der Waals surface area contributed by atoms with E-state index in [1.807, 2.05) is 29.2 Å². The number of carbonyl (C=O) groups is 1. The first-order chi connectivity index (χ1) is 9.16. The number of piperidine rings is 1. The molecule has 0 saturated carbocycles. The van der Waals surface area contributed by atoms with Crippen molar-refractivity contribution in [1.29, 1.82) is 0 Å². The maximum Gasteiger partial charge on any atom is 0.236 e. The molecule has 1 saturated heterocycles. The molecule has 0 spiro atoms. The Morgan fingerprint density at radius 3 is 2.79 bits per heavy atom. The van der Waals surface area contributed by atoms with E-state index in [0.717, 1.165) is 36.5 Å². The molecule has 1 aliphatic rings. The van der Waals surface area contributed by atoms with Gasteiger partial charge in [-0.3, -0.25) is 4.79 Å². The maximum absolute atomic E-state index is 12.0. The van der Waals surface area contributed by atoms with Gasteiger partial charge in [-0.05, 0) is 43.9 Å². The van der Waals surface area contributed by atoms with E-state index in [1.165, 1.54) is 6.42 Å². The Labute approximate surface area is 119 Å². The van der Waals surface area contributed by atoms with Crippen LogP contribution >= 0.6 is 11.6 Å². The fourth-order valence-electron chi connectivity index (χ4n) is 2.39. The van der Waals surface area contributed by atoms with Crippen molar-refractivity contribution in [2.24, 2.45) is 0 Å². The van der Waals surface area contributed by atoms with Gasteiger partial charge in [0.15, 0.2) is 0 Å². The number of halogens is 1. The SMILES string of the molecule is CC(NCC(=O)N1CCCCC1)c1cccc(Cl)c1. The van der Waals surface area contributed by atoms with Crippen molar-refractivity contribution < 1.29 is 4.79 Å². The molecule has 104 valence electrons. The van der Waals surface area contributed by atoms with E-state index in [9.17, 15) is 4.79 Å². The van der Waals surface area contributed by atoms with Crippen LogP contribution in [-0.2, 0) is 4.79 Å². The number of benzene rings is 1. The van der Waals surface area contributed by atoms with E-state index in [-0.39, 0.29) is 11.9 Å². The molecule has 1 heterocycles. The van der Waals surface area contributed by atoms with Crippen LogP contribution in [0, 0.1) is 0 Å². The molecule has 0 bridgehead atoms. The van der Waals surface area contributed by atoms with Crippen LogP contribution < -0.4 is 5.32 Å². The zero-order valence-corrected chi connectivity index (χ0v) is 12.1. The van der Waals surface area contributed by atoms with Crippen molar-refractivity contribution in [2.75, 3.05) is 19.6 Å². The highest BCUT2D eigenvalue weighted by Crippen LogP contribution is 2.17. The molecule has 1 atom stereocenters. The van der Waals surface area contributed by atoms with Crippen LogP contribution in [0.5, 0.6) is 0 Å². The van der Waals surface area contributed by atoms with Crippen LogP contribution in [0.3, 0.4) is 0 Å². The summed E-state index contributed by atoms with van der Waals surface area (Å²) in [5.41, 5.74) is 1.11. The first-order valence-corrected chi connectivity index (χ1v) is 7.31. The summed E-state index contributed by atoms with van der Waals surface area (Å²) in [5, 5.41) is 4.00. The monoisotopic (exact) mass is 280 g/mol. The Bertz CT molecular complexity index is 430. The number of nitrogens with one attached hydrogen (secondary N) is 1. The number of hydrogen-bond donors (Lipinski definition) is 1. The summed E-state index contributed by atoms with van der Waals surface area (Å²) in [6.07, 6.45) is 3.52. The highest BCUT2D eigenvalue weighted by Gasteiger charge is 2.16. The van der Waals surface area contributed by atoms with Crippen molar-refractivity contribution in [2.45, 2.75) is 32.2 Å². The van der Waals surface area contributed by atoms with Gasteiger partial charge in [-0.1, -0.05) is 23.7 Å². The third-order valence-corrected chi connectivity index (χ3v) is 3.85. The van der Waals surface area contributed by atoms with E-state index in [1.54, 1.807) is 0 Å². The van der Waals surface area contributed by atoms with Crippen LogP contribution in [0.1, 0.15) is 37.8 Å². The van der Waals surface area contributed by atoms with Gasteiger partial charge in [0, 0.05) is 24.2 Å². The summed E-state index contributed by atoms with van der Waals surface area (Å²) in [4.78, 5) is 14.0. The van der Waals surface area contributed by atoms with Crippen molar-refractivity contribution in [3.63, 3.8) is 0 Å². The second-order valence-electron chi connectivity index (χ2n) is 5.10. The van der Waals surface area contributed by atoms with Gasteiger partial charge < -0.3 is 10.2 Å². The van der Waals surface area contributed by atoms with Crippen molar-refractivity contribution in [3.8, 4) is 0 Å². The molecule has 1 aromatic carbocycles. The Morgan fingerprint density at radius 1 is 1.37 bits per heavy atom. The van der Waals surface area contributed by atoms with Gasteiger partial charge in [-0.2, -0.15) is 0 Å². The van der Waals surface area contributed by atoms with Crippen LogP contribution in [-0.4, -0.2) is 30.4 Å². The lowest BCUT2D eigenvalue weighted by Gasteiger charge is -2.27. The maximum atomic E-state index is 12.0. The molecule has 0 aromatic heterocycles. The number of nitrogens with zero attached hydrogens (tertiary/aromatic N) is 1. The van der Waals surface area contributed by atoms with E-state index in [2.05, 4.69) is 12.2 Å². The zero-order chi connectivity index (χ0) is 13.7. The molecule has 1 unspecified atom stereocenters. The van der Waals surface area contributed by atoms with Crippen LogP contribution in [0.4, 0.5) is 0 Å². The summed E-state index contributed by atoms with van der Waals surface area (Å²) in [5.74, 6) is 0.202. The molecular weight excluding hydrogens is 260 g/mol. The number of hydrogen-bond acceptors (Lipinski definition) is 2. The standard InChI is InChI=1S/C15H21ClN2O/c1-12(13-6-5-7-14(16)10-13)17-11-15(19)18-8-3-2-4-9-18/h5-7,10,12,17H,2-4,8-9,11H2,1H3. The van der Waals surface area contributed by atoms with Gasteiger partial charge in [0.1, 0.15) is 0 Å². The number of carbonyl (C=O) groups excluding carboxylic acids is 1. The van der Waals surface area contributed by atoms with Crippen molar-refractivity contribution in [1.82, 2.24) is 10.2 Å². The minimum absolute atomic E-state index is 0.132. The first kappa shape index (κ1) is 14.4. The van der Waals surface area contributed by atoms with E-state index >= 15 is 0 Å². The van der Waals surface area contributed by atoms with E-state index < -0.39 is 0 Å². The fraction of sp³-hybridized carbons (Fsp3) is 0.533. The Morgan fingerprint density at radius 2 is 2.11 bits per heavy atom. The lowest BCUT2D eigenvalue weighted by Crippen LogP contribution is -2.41. The smallest absolute Gasteiger partial charge is 0.236 e. The Hall–Kier alpha value is -1.06. The summed E-state index contributed by atoms with van der Waals surface area (Å²) in [6.45, 7) is 4.26. The van der Waals surface area contributed by atoms with Gasteiger partial charge in [-0.25, -0.2) is 0 Å². The Balaban J connectivity index is 1.82. The lowest BCUT2D eigenvalue weighted by molar-refractivity contribution is -0.131. The van der Waals surface area contributed by atoms with Crippen LogP contribution in [0.2, 0.25) is 5.02 Å². The minimum atomic E-state index is 0.132. The van der Waals surface area contributed by atoms with Crippen molar-refractivity contribution in [3.05, 3.63) is 34.9 Å². The van der Waals surface area contributed by atoms with Gasteiger partial charge >= 0.3 is 0 Å². The van der Waals surface area contributed by atoms with Gasteiger partial charge in [-0.15, -0.1) is 0 Å². The summed E-state index contributed by atoms with van der Waals surface area (Å²) in [7, 11) is 0. The average Bonchev–Trinajstić information content (AvgIpc) is 2.45. The predicted molar refractivity (Wildman–Crippen MR) is 78.3 cm³/mol. The molecular formula is C15H21ClN2O. The summed E-state index contributed by atoms with van der Waals surface area (Å²) in [6, 6.07) is 7.88. The fourth-order valence-corrected chi connectivity index (χ4v) is 2.59. The molecule has 1 aromatic rings. The van der Waals surface area contributed by atoms with Crippen LogP contribution in [0.15, 0.2) is 24.3 Å². The predicted octanol–water partition coefficient (Wildman–Crippen LogP) is 3.00. The number of rotatable bonds is 4. The molecule has 0 aliphatic carbocycles. The molecule has 1 fully saturated rings. The largest absolute Gasteiger partial charge is 0.342 e. The quantitative estimate of drug-likeness (QED) is 0.920. The topological polar surface area (TPSA) is 32.3 Å². The van der Waals surface area contributed by atoms with Crippen molar-refractivity contribution >= 4 is 17.5 Å². The average molecular weight is 281 g/mol. The Kier molecular flexibility index (Phi) is 5.23. The number of amides is 1. The minimum Gasteiger partial charge on any atom is -0.342 e. The first-order valence-electron chi connectivity index (χ1n) is 6.93. The zero-order valence-electron chi connectivity index (χ0n) is 11.4. The molecule has 1 amide bonds. The third kappa shape index (κ3) is 4.22. The molecule has 2 rings (SSSR count). The lowest BCUT2D eigenvalue weighted by atomic mass is 10.1. The molecule has 4 heteroatoms. The molecule has 3 nitrogen and oxygen atoms in total. The van der Waals surface area contributed by atoms with E-state index in [4.69, 9.17) is 11.6 Å². The molecule has 0 radical (unpaired) electrons.